The molecule has 0 spiro atoms. The zero-order chi connectivity index (χ0) is 7.68. The smallest absolute Gasteiger partial charge is 0.0335 e. The summed E-state index contributed by atoms with van der Waals surface area (Å²) in [5.41, 5.74) is 1.78. The number of hydroxylamine groups is 1. The van der Waals surface area contributed by atoms with E-state index in [9.17, 15) is 5.21 Å². The van der Waals surface area contributed by atoms with E-state index < -0.39 is 0 Å². The van der Waals surface area contributed by atoms with Crippen LogP contribution in [0.3, 0.4) is 0 Å². The summed E-state index contributed by atoms with van der Waals surface area (Å²) < 4.78 is 0. The lowest BCUT2D eigenvalue weighted by Crippen LogP contribution is -2.17. The van der Waals surface area contributed by atoms with Crippen LogP contribution < -0.4 is 5.06 Å². The molecule has 0 aromatic heterocycles. The lowest BCUT2D eigenvalue weighted by molar-refractivity contribution is 1.08. The largest absolute Gasteiger partial charge is 0.758 e. The summed E-state index contributed by atoms with van der Waals surface area (Å²) in [7, 11) is 0. The molecule has 56 valence electrons. The van der Waals surface area contributed by atoms with Gasteiger partial charge in [-0.25, -0.2) is 0 Å². The first-order chi connectivity index (χ1) is 5.38. The number of para-hydroxylation sites is 1. The minimum Gasteiger partial charge on any atom is -0.758 e. The lowest BCUT2D eigenvalue weighted by Gasteiger charge is -2.33. The first kappa shape index (κ1) is 6.43. The van der Waals surface area contributed by atoms with Gasteiger partial charge in [0.25, 0.3) is 0 Å². The number of anilines is 1. The van der Waals surface area contributed by atoms with Gasteiger partial charge in [0, 0.05) is 12.2 Å². The Morgan fingerprint density at radius 3 is 2.91 bits per heavy atom. The van der Waals surface area contributed by atoms with E-state index in [1.165, 1.54) is 0 Å². The van der Waals surface area contributed by atoms with Crippen molar-refractivity contribution >= 4 is 11.8 Å². The van der Waals surface area contributed by atoms with Crippen molar-refractivity contribution in [3.05, 3.63) is 41.1 Å². The van der Waals surface area contributed by atoms with E-state index in [0.29, 0.717) is 6.54 Å². The molecule has 1 aromatic carbocycles. The van der Waals surface area contributed by atoms with Gasteiger partial charge in [-0.3, -0.25) is 0 Å². The van der Waals surface area contributed by atoms with Crippen LogP contribution in [-0.4, -0.2) is 6.54 Å². The second-order valence-corrected chi connectivity index (χ2v) is 2.52. The molecule has 2 rings (SSSR count). The van der Waals surface area contributed by atoms with E-state index >= 15 is 0 Å². The maximum Gasteiger partial charge on any atom is 0.0335 e. The average Bonchev–Trinajstić information content (AvgIpc) is 2.06. The van der Waals surface area contributed by atoms with Crippen LogP contribution in [0.25, 0.3) is 6.08 Å². The first-order valence-electron chi connectivity index (χ1n) is 3.58. The monoisotopic (exact) mass is 146 g/mol. The molecule has 0 N–H and O–H groups in total. The molecule has 0 aliphatic carbocycles. The molecule has 11 heavy (non-hydrogen) atoms. The quantitative estimate of drug-likeness (QED) is 0.559. The predicted octanol–water partition coefficient (Wildman–Crippen LogP) is 2.02. The molecule has 0 saturated heterocycles. The third-order valence-electron chi connectivity index (χ3n) is 1.77. The molecular formula is C9H8NO-. The van der Waals surface area contributed by atoms with Crippen molar-refractivity contribution in [3.63, 3.8) is 0 Å². The van der Waals surface area contributed by atoms with Crippen LogP contribution in [0.4, 0.5) is 5.69 Å². The Labute approximate surface area is 65.3 Å². The maximum absolute atomic E-state index is 11.2. The standard InChI is InChI=1S/C9H8NO/c11-10-7-3-5-8-4-1-2-6-9(8)10/h1-6H,7H2/q-1. The molecule has 0 saturated carbocycles. The van der Waals surface area contributed by atoms with Crippen LogP contribution in [0.1, 0.15) is 5.56 Å². The minimum absolute atomic E-state index is 0.469. The molecule has 2 heteroatoms. The van der Waals surface area contributed by atoms with Crippen LogP contribution in [0, 0.1) is 5.21 Å². The van der Waals surface area contributed by atoms with E-state index in [0.717, 1.165) is 16.3 Å². The molecule has 0 amide bonds. The fourth-order valence-corrected chi connectivity index (χ4v) is 1.23. The second-order valence-electron chi connectivity index (χ2n) is 2.52. The van der Waals surface area contributed by atoms with Crippen molar-refractivity contribution in [2.24, 2.45) is 0 Å². The molecule has 0 radical (unpaired) electrons. The molecule has 2 nitrogen and oxygen atoms in total. The maximum atomic E-state index is 11.2. The van der Waals surface area contributed by atoms with Crippen molar-refractivity contribution in [2.45, 2.75) is 0 Å². The lowest BCUT2D eigenvalue weighted by atomic mass is 10.1. The highest BCUT2D eigenvalue weighted by atomic mass is 16.5. The fourth-order valence-electron chi connectivity index (χ4n) is 1.23. The summed E-state index contributed by atoms with van der Waals surface area (Å²) in [4.78, 5) is 0. The highest BCUT2D eigenvalue weighted by Gasteiger charge is 2.02. The Kier molecular flexibility index (Phi) is 1.40. The van der Waals surface area contributed by atoms with E-state index in [4.69, 9.17) is 0 Å². The van der Waals surface area contributed by atoms with Gasteiger partial charge in [0.15, 0.2) is 0 Å². The van der Waals surface area contributed by atoms with Crippen molar-refractivity contribution in [1.29, 1.82) is 0 Å². The summed E-state index contributed by atoms with van der Waals surface area (Å²) in [6.45, 7) is 0.469. The van der Waals surface area contributed by atoms with Crippen molar-refractivity contribution in [2.75, 3.05) is 11.6 Å². The normalized spacial score (nSPS) is 14.8. The topological polar surface area (TPSA) is 26.3 Å². The first-order valence-corrected chi connectivity index (χ1v) is 3.58. The molecule has 0 unspecified atom stereocenters. The summed E-state index contributed by atoms with van der Waals surface area (Å²) in [5, 5.41) is 12.1. The number of rotatable bonds is 0. The SMILES string of the molecule is [O-]N1CC=Cc2ccccc21. The van der Waals surface area contributed by atoms with E-state index in [-0.39, 0.29) is 0 Å². The summed E-state index contributed by atoms with van der Waals surface area (Å²) in [6.07, 6.45) is 3.85. The van der Waals surface area contributed by atoms with Crippen LogP contribution in [-0.2, 0) is 0 Å². The average molecular weight is 146 g/mol. The fraction of sp³-hybridized carbons (Fsp3) is 0.111. The van der Waals surface area contributed by atoms with Crippen LogP contribution in [0.2, 0.25) is 0 Å². The summed E-state index contributed by atoms with van der Waals surface area (Å²) >= 11 is 0. The van der Waals surface area contributed by atoms with Gasteiger partial charge in [0.1, 0.15) is 0 Å². The van der Waals surface area contributed by atoms with E-state index in [2.05, 4.69) is 0 Å². The zero-order valence-electron chi connectivity index (χ0n) is 6.03. The Hall–Kier alpha value is -1.28. The van der Waals surface area contributed by atoms with Crippen LogP contribution in [0.15, 0.2) is 30.3 Å². The van der Waals surface area contributed by atoms with Crippen LogP contribution >= 0.6 is 0 Å². The highest BCUT2D eigenvalue weighted by molar-refractivity contribution is 5.71. The molecule has 1 heterocycles. The van der Waals surface area contributed by atoms with Gasteiger partial charge in [0.05, 0.1) is 0 Å². The predicted molar refractivity (Wildman–Crippen MR) is 46.2 cm³/mol. The van der Waals surface area contributed by atoms with Crippen molar-refractivity contribution < 1.29 is 0 Å². The third kappa shape index (κ3) is 1.01. The molecule has 1 aromatic rings. The molecule has 1 aliphatic heterocycles. The van der Waals surface area contributed by atoms with Gasteiger partial charge in [-0.2, -0.15) is 0 Å². The van der Waals surface area contributed by atoms with Gasteiger partial charge in [-0.05, 0) is 11.6 Å². The van der Waals surface area contributed by atoms with E-state index in [1.807, 2.05) is 36.4 Å². The van der Waals surface area contributed by atoms with Crippen molar-refractivity contribution in [1.82, 2.24) is 0 Å². The minimum atomic E-state index is 0.469. The van der Waals surface area contributed by atoms with Gasteiger partial charge >= 0.3 is 0 Å². The Balaban J connectivity index is 2.54. The van der Waals surface area contributed by atoms with Gasteiger partial charge < -0.3 is 10.3 Å². The van der Waals surface area contributed by atoms with Gasteiger partial charge in [-0.15, -0.1) is 0 Å². The molecular weight excluding hydrogens is 138 g/mol. The molecule has 1 aliphatic rings. The number of benzene rings is 1. The molecule has 0 atom stereocenters. The van der Waals surface area contributed by atoms with Gasteiger partial charge in [0.2, 0.25) is 0 Å². The van der Waals surface area contributed by atoms with Gasteiger partial charge in [-0.1, -0.05) is 30.4 Å². The summed E-state index contributed by atoms with van der Waals surface area (Å²) in [6, 6.07) is 7.59. The number of hydrogen-bond donors (Lipinski definition) is 0. The third-order valence-corrected chi connectivity index (χ3v) is 1.77. The Bertz CT molecular complexity index is 293. The summed E-state index contributed by atoms with van der Waals surface area (Å²) in [5.74, 6) is 0. The van der Waals surface area contributed by atoms with E-state index in [1.54, 1.807) is 0 Å². The zero-order valence-corrected chi connectivity index (χ0v) is 6.03. The molecule has 0 bridgehead atoms. The van der Waals surface area contributed by atoms with Crippen molar-refractivity contribution in [3.8, 4) is 0 Å². The number of nitrogens with zero attached hydrogens (tertiary/aromatic N) is 1. The number of hydrogen-bond acceptors (Lipinski definition) is 2. The van der Waals surface area contributed by atoms with Crippen LogP contribution in [0.5, 0.6) is 0 Å². The molecule has 0 fully saturated rings. The highest BCUT2D eigenvalue weighted by Crippen LogP contribution is 2.23. The Morgan fingerprint density at radius 1 is 1.27 bits per heavy atom. The number of fused-ring (bicyclic) bond motifs is 1. The second kappa shape index (κ2) is 2.40. The Morgan fingerprint density at radius 2 is 2.09 bits per heavy atom.